The highest BCUT2D eigenvalue weighted by atomic mass is 16.5. The fraction of sp³-hybridized carbons (Fsp3) is 0.462. The van der Waals surface area contributed by atoms with Gasteiger partial charge in [-0.25, -0.2) is 0 Å². The quantitative estimate of drug-likeness (QED) is 0.832. The highest BCUT2D eigenvalue weighted by Crippen LogP contribution is 2.23. The molecule has 1 aromatic rings. The Hall–Kier alpha value is -1.75. The molecular formula is C13H17NO4. The monoisotopic (exact) mass is 251 g/mol. The van der Waals surface area contributed by atoms with Crippen LogP contribution in [-0.2, 0) is 16.0 Å². The lowest BCUT2D eigenvalue weighted by molar-refractivity contribution is -0.121. The van der Waals surface area contributed by atoms with Crippen molar-refractivity contribution in [2.45, 2.75) is 18.9 Å². The van der Waals surface area contributed by atoms with E-state index in [-0.39, 0.29) is 24.1 Å². The smallest absolute Gasteiger partial charge is 0.224 e. The summed E-state index contributed by atoms with van der Waals surface area (Å²) in [7, 11) is 1.54. The lowest BCUT2D eigenvalue weighted by atomic mass is 10.1. The van der Waals surface area contributed by atoms with Crippen molar-refractivity contribution in [1.29, 1.82) is 0 Å². The van der Waals surface area contributed by atoms with Crippen LogP contribution in [0.5, 0.6) is 11.5 Å². The van der Waals surface area contributed by atoms with E-state index in [1.807, 2.05) is 0 Å². The molecule has 1 aliphatic heterocycles. The van der Waals surface area contributed by atoms with Gasteiger partial charge in [0.1, 0.15) is 11.5 Å². The summed E-state index contributed by atoms with van der Waals surface area (Å²) >= 11 is 0. The van der Waals surface area contributed by atoms with E-state index >= 15 is 0 Å². The van der Waals surface area contributed by atoms with Crippen LogP contribution in [0.4, 0.5) is 0 Å². The van der Waals surface area contributed by atoms with Crippen LogP contribution in [0.15, 0.2) is 18.2 Å². The number of nitrogens with one attached hydrogen (secondary N) is 1. The summed E-state index contributed by atoms with van der Waals surface area (Å²) in [5.41, 5.74) is 0.675. The molecule has 1 fully saturated rings. The second-order valence-corrected chi connectivity index (χ2v) is 4.30. The summed E-state index contributed by atoms with van der Waals surface area (Å²) in [5, 5.41) is 12.3. The second-order valence-electron chi connectivity index (χ2n) is 4.30. The molecule has 0 aliphatic carbocycles. The van der Waals surface area contributed by atoms with Crippen LogP contribution >= 0.6 is 0 Å². The first-order valence-electron chi connectivity index (χ1n) is 5.92. The van der Waals surface area contributed by atoms with Crippen molar-refractivity contribution in [2.24, 2.45) is 0 Å². The van der Waals surface area contributed by atoms with Gasteiger partial charge in [0.25, 0.3) is 0 Å². The Balaban J connectivity index is 1.99. The first-order valence-corrected chi connectivity index (χ1v) is 5.92. The summed E-state index contributed by atoms with van der Waals surface area (Å²) in [6, 6.07) is 4.83. The second kappa shape index (κ2) is 5.73. The number of phenolic OH excluding ortho intramolecular Hbond substituents is 1. The zero-order valence-corrected chi connectivity index (χ0v) is 10.3. The normalized spacial score (nSPS) is 18.6. The van der Waals surface area contributed by atoms with Crippen LogP contribution in [-0.4, -0.2) is 37.4 Å². The molecule has 5 heteroatoms. The Morgan fingerprint density at radius 2 is 2.44 bits per heavy atom. The standard InChI is InChI=1S/C13H17NO4/c1-17-12-3-2-11(15)6-9(12)7-13(16)14-10-4-5-18-8-10/h2-3,6,10,15H,4-5,7-8H2,1H3,(H,14,16). The van der Waals surface area contributed by atoms with Gasteiger partial charge in [0.15, 0.2) is 0 Å². The summed E-state index contributed by atoms with van der Waals surface area (Å²) in [6.45, 7) is 1.27. The minimum Gasteiger partial charge on any atom is -0.508 e. The molecule has 1 amide bonds. The van der Waals surface area contributed by atoms with E-state index in [1.54, 1.807) is 19.2 Å². The molecule has 1 atom stereocenters. The lowest BCUT2D eigenvalue weighted by Crippen LogP contribution is -2.36. The Morgan fingerprint density at radius 3 is 3.11 bits per heavy atom. The van der Waals surface area contributed by atoms with Gasteiger partial charge in [-0.15, -0.1) is 0 Å². The average Bonchev–Trinajstić information content (AvgIpc) is 2.82. The molecule has 1 aromatic carbocycles. The number of phenols is 1. The average molecular weight is 251 g/mol. The molecule has 2 N–H and O–H groups in total. The van der Waals surface area contributed by atoms with Crippen molar-refractivity contribution in [3.8, 4) is 11.5 Å². The molecule has 0 bridgehead atoms. The third-order valence-electron chi connectivity index (χ3n) is 2.91. The molecule has 1 unspecified atom stereocenters. The zero-order chi connectivity index (χ0) is 13.0. The van der Waals surface area contributed by atoms with Crippen LogP contribution in [0.3, 0.4) is 0 Å². The number of hydrogen-bond acceptors (Lipinski definition) is 4. The molecular weight excluding hydrogens is 234 g/mol. The molecule has 1 heterocycles. The number of aromatic hydroxyl groups is 1. The maximum absolute atomic E-state index is 11.8. The summed E-state index contributed by atoms with van der Waals surface area (Å²) < 4.78 is 10.3. The Bertz CT molecular complexity index is 427. The van der Waals surface area contributed by atoms with Crippen LogP contribution in [0.25, 0.3) is 0 Å². The van der Waals surface area contributed by atoms with E-state index in [1.165, 1.54) is 6.07 Å². The number of hydrogen-bond donors (Lipinski definition) is 2. The SMILES string of the molecule is COc1ccc(O)cc1CC(=O)NC1CCOC1. The number of rotatable bonds is 4. The molecule has 98 valence electrons. The highest BCUT2D eigenvalue weighted by molar-refractivity contribution is 5.79. The topological polar surface area (TPSA) is 67.8 Å². The molecule has 2 rings (SSSR count). The summed E-state index contributed by atoms with van der Waals surface area (Å²) in [4.78, 5) is 11.8. The van der Waals surface area contributed by atoms with E-state index in [9.17, 15) is 9.90 Å². The van der Waals surface area contributed by atoms with Gasteiger partial charge in [-0.1, -0.05) is 0 Å². The minimum atomic E-state index is -0.0885. The molecule has 0 aromatic heterocycles. The van der Waals surface area contributed by atoms with E-state index < -0.39 is 0 Å². The largest absolute Gasteiger partial charge is 0.508 e. The number of carbonyl (C=O) groups is 1. The van der Waals surface area contributed by atoms with Gasteiger partial charge in [-0.05, 0) is 24.6 Å². The number of methoxy groups -OCH3 is 1. The lowest BCUT2D eigenvalue weighted by Gasteiger charge is -2.12. The minimum absolute atomic E-state index is 0.0885. The fourth-order valence-electron chi connectivity index (χ4n) is 2.00. The van der Waals surface area contributed by atoms with Crippen molar-refractivity contribution >= 4 is 5.91 Å². The van der Waals surface area contributed by atoms with Crippen molar-refractivity contribution in [3.05, 3.63) is 23.8 Å². The van der Waals surface area contributed by atoms with Gasteiger partial charge in [-0.2, -0.15) is 0 Å². The fourth-order valence-corrected chi connectivity index (χ4v) is 2.00. The highest BCUT2D eigenvalue weighted by Gasteiger charge is 2.18. The maximum atomic E-state index is 11.8. The van der Waals surface area contributed by atoms with Crippen LogP contribution in [0.1, 0.15) is 12.0 Å². The van der Waals surface area contributed by atoms with Gasteiger partial charge < -0.3 is 19.9 Å². The van der Waals surface area contributed by atoms with Gasteiger partial charge in [-0.3, -0.25) is 4.79 Å². The van der Waals surface area contributed by atoms with Gasteiger partial charge in [0.2, 0.25) is 5.91 Å². The Labute approximate surface area is 106 Å². The van der Waals surface area contributed by atoms with E-state index in [0.29, 0.717) is 24.5 Å². The van der Waals surface area contributed by atoms with E-state index in [2.05, 4.69) is 5.32 Å². The third-order valence-corrected chi connectivity index (χ3v) is 2.91. The third kappa shape index (κ3) is 3.13. The first kappa shape index (κ1) is 12.7. The number of carbonyl (C=O) groups excluding carboxylic acids is 1. The van der Waals surface area contributed by atoms with Crippen molar-refractivity contribution in [3.63, 3.8) is 0 Å². The molecule has 1 saturated heterocycles. The zero-order valence-electron chi connectivity index (χ0n) is 10.3. The summed E-state index contributed by atoms with van der Waals surface area (Å²) in [6.07, 6.45) is 1.04. The van der Waals surface area contributed by atoms with E-state index in [0.717, 1.165) is 6.42 Å². The Kier molecular flexibility index (Phi) is 4.04. The number of amides is 1. The van der Waals surface area contributed by atoms with E-state index in [4.69, 9.17) is 9.47 Å². The summed E-state index contributed by atoms with van der Waals surface area (Å²) in [5.74, 6) is 0.642. The van der Waals surface area contributed by atoms with Gasteiger partial charge >= 0.3 is 0 Å². The Morgan fingerprint density at radius 1 is 1.61 bits per heavy atom. The van der Waals surface area contributed by atoms with Crippen LogP contribution in [0.2, 0.25) is 0 Å². The molecule has 18 heavy (non-hydrogen) atoms. The van der Waals surface area contributed by atoms with Gasteiger partial charge in [0, 0.05) is 12.2 Å². The maximum Gasteiger partial charge on any atom is 0.224 e. The molecule has 0 saturated carbocycles. The molecule has 0 radical (unpaired) electrons. The van der Waals surface area contributed by atoms with Crippen LogP contribution in [0, 0.1) is 0 Å². The first-order chi connectivity index (χ1) is 8.69. The number of ether oxygens (including phenoxy) is 2. The van der Waals surface area contributed by atoms with Gasteiger partial charge in [0.05, 0.1) is 26.2 Å². The molecule has 5 nitrogen and oxygen atoms in total. The molecule has 1 aliphatic rings. The van der Waals surface area contributed by atoms with Crippen LogP contribution < -0.4 is 10.1 Å². The van der Waals surface area contributed by atoms with Crippen molar-refractivity contribution in [1.82, 2.24) is 5.32 Å². The predicted octanol–water partition coefficient (Wildman–Crippen LogP) is 0.848. The molecule has 0 spiro atoms. The van der Waals surface area contributed by atoms with Crippen molar-refractivity contribution < 1.29 is 19.4 Å². The predicted molar refractivity (Wildman–Crippen MR) is 65.7 cm³/mol. The number of benzene rings is 1. The van der Waals surface area contributed by atoms with Crippen molar-refractivity contribution in [2.75, 3.05) is 20.3 Å².